The summed E-state index contributed by atoms with van der Waals surface area (Å²) in [4.78, 5) is 188. The Morgan fingerprint density at radius 1 is 0.212 bits per heavy atom. The first-order valence-corrected chi connectivity index (χ1v) is 39.5. The van der Waals surface area contributed by atoms with Gasteiger partial charge in [-0.25, -0.2) is 40.5 Å². The molecule has 0 bridgehead atoms. The maximum atomic E-state index is 12.2. The van der Waals surface area contributed by atoms with Gasteiger partial charge in [0.2, 0.25) is 88.6 Å². The van der Waals surface area contributed by atoms with Crippen LogP contribution in [0.4, 0.5) is 0 Å². The number of carboxylic acid groups (broad SMARTS) is 1. The van der Waals surface area contributed by atoms with Crippen LogP contribution in [0.5, 0.6) is 0 Å². The van der Waals surface area contributed by atoms with Gasteiger partial charge in [-0.1, -0.05) is 6.42 Å². The van der Waals surface area contributed by atoms with E-state index in [0.29, 0.717) is 234 Å². The fourth-order valence-corrected chi connectivity index (χ4v) is 10.1. The average Bonchev–Trinajstić information content (AvgIpc) is 0.988. The summed E-state index contributed by atoms with van der Waals surface area (Å²) in [7, 11) is 0. The van der Waals surface area contributed by atoms with Crippen LogP contribution in [0.25, 0.3) is 0 Å². The molecule has 41 heteroatoms. The molecule has 650 valence electrons. The maximum absolute atomic E-state index is 12.2. The van der Waals surface area contributed by atoms with Gasteiger partial charge in [0.15, 0.2) is 0 Å². The molecule has 0 spiro atoms. The topological polar surface area (TPSA) is 591 Å². The number of carbonyl (C=O) groups excluding carboxylic acids is 15. The van der Waals surface area contributed by atoms with Crippen LogP contribution in [0.2, 0.25) is 0 Å². The van der Waals surface area contributed by atoms with Gasteiger partial charge in [-0.05, 0) is 154 Å². The van der Waals surface area contributed by atoms with Crippen molar-refractivity contribution in [3.8, 4) is 0 Å². The molecule has 41 nitrogen and oxygen atoms in total. The molecule has 0 saturated heterocycles. The highest BCUT2D eigenvalue weighted by Crippen LogP contribution is 2.09. The third-order valence-electron chi connectivity index (χ3n) is 17.1. The summed E-state index contributed by atoms with van der Waals surface area (Å²) < 4.78 is 0. The van der Waals surface area contributed by atoms with Gasteiger partial charge in [0.25, 0.3) is 0 Å². The van der Waals surface area contributed by atoms with Crippen molar-refractivity contribution in [3.05, 3.63) is 0 Å². The van der Waals surface area contributed by atoms with E-state index in [1.807, 2.05) is 0 Å². The van der Waals surface area contributed by atoms with Crippen LogP contribution in [0, 0.1) is 0 Å². The Morgan fingerprint density at radius 2 is 0.363 bits per heavy atom. The number of nitrogens with zero attached hydrogens (tertiary/aromatic N) is 8. The first-order chi connectivity index (χ1) is 53.8. The third-order valence-corrected chi connectivity index (χ3v) is 17.1. The van der Waals surface area contributed by atoms with Gasteiger partial charge in [0.05, 0.1) is 6.42 Å². The Kier molecular flexibility index (Phi) is 65.6. The Morgan fingerprint density at radius 3 is 0.513 bits per heavy atom. The monoisotopic (exact) mass is 1620 g/mol. The Hall–Kier alpha value is -8.84. The molecular formula is C72H132N16O25. The van der Waals surface area contributed by atoms with Crippen molar-refractivity contribution >= 4 is 94.6 Å². The summed E-state index contributed by atoms with van der Waals surface area (Å²) in [5.74, 6) is -7.76. The summed E-state index contributed by atoms with van der Waals surface area (Å²) in [6.45, 7) is 6.55. The molecule has 0 aliphatic rings. The standard InChI is InChI=1S/C38H68N8O14.C34H64N8O11/c1-30(47)43(57)26-10-2-6-22-39-31(48)14-18-35(52)44(58)27-11-3-7-23-40-32(49)15-19-36(53)45(59)28-12-4-8-24-41-33(50)16-20-37(54)46(60)29-13-5-9-25-42-34(51)17-21-38(55)56;1-28(43)39(50)24-11-3-7-21-36-29(44)15-18-33(48)41(52)26-13-5-9-23-38-31(46)16-19-34(49)42(53)27-12-4-8-22-37-30(45)14-17-32(47)40(51)25-10-2-6-20-35/h57-60H,2-29H2,1H3,(H,39,48)(H,40,49)(H,41,50)(H,42,51)(H,55,56);50-53H,2-27,35H2,1H3,(H,36,44)(H,37,45)(H,38,46). The van der Waals surface area contributed by atoms with Gasteiger partial charge in [-0.3, -0.25) is 118 Å². The second-order valence-electron chi connectivity index (χ2n) is 27.0. The third kappa shape index (κ3) is 65.3. The number of amides is 15. The molecule has 0 saturated carbocycles. The number of hydroxylamine groups is 16. The zero-order valence-electron chi connectivity index (χ0n) is 66.4. The molecule has 0 rings (SSSR count). The fraction of sp³-hybridized carbons (Fsp3) is 0.778. The predicted octanol–water partition coefficient (Wildman–Crippen LogP) is 2.44. The highest BCUT2D eigenvalue weighted by molar-refractivity contribution is 5.87. The largest absolute Gasteiger partial charge is 0.481 e. The molecule has 0 aromatic carbocycles. The Bertz CT molecular complexity index is 2800. The van der Waals surface area contributed by atoms with Crippen molar-refractivity contribution in [2.75, 3.05) is 105 Å². The number of hydrogen-bond acceptors (Lipinski definition) is 25. The number of hydrogen-bond donors (Lipinski definition) is 17. The first kappa shape index (κ1) is 106. The van der Waals surface area contributed by atoms with Crippen LogP contribution in [-0.4, -0.2) is 287 Å². The molecule has 0 radical (unpaired) electrons. The van der Waals surface area contributed by atoms with Gasteiger partial charge < -0.3 is 48.1 Å². The summed E-state index contributed by atoms with van der Waals surface area (Å²) in [6.07, 6.45) is 12.6. The van der Waals surface area contributed by atoms with Crippen molar-refractivity contribution in [3.63, 3.8) is 0 Å². The number of nitrogens with two attached hydrogens (primary N) is 1. The molecular weight excluding hydrogens is 1490 g/mol. The average molecular weight is 1620 g/mol. The molecule has 0 heterocycles. The molecule has 0 aromatic heterocycles. The number of carbonyl (C=O) groups is 16. The van der Waals surface area contributed by atoms with E-state index in [-0.39, 0.29) is 184 Å². The summed E-state index contributed by atoms with van der Waals surface area (Å²) in [6, 6.07) is 0. The molecule has 0 aromatic rings. The van der Waals surface area contributed by atoms with Gasteiger partial charge in [-0.15, -0.1) is 0 Å². The molecule has 0 aliphatic heterocycles. The minimum atomic E-state index is -1.05. The quantitative estimate of drug-likeness (QED) is 0.0236. The highest BCUT2D eigenvalue weighted by atomic mass is 16.5. The number of nitrogens with one attached hydrogen (secondary N) is 7. The predicted molar refractivity (Wildman–Crippen MR) is 403 cm³/mol. The zero-order chi connectivity index (χ0) is 85.0. The molecule has 113 heavy (non-hydrogen) atoms. The lowest BCUT2D eigenvalue weighted by molar-refractivity contribution is -0.166. The lowest BCUT2D eigenvalue weighted by Crippen LogP contribution is -2.32. The van der Waals surface area contributed by atoms with Crippen LogP contribution in [0.15, 0.2) is 0 Å². The van der Waals surface area contributed by atoms with E-state index in [4.69, 9.17) is 10.8 Å². The summed E-state index contributed by atoms with van der Waals surface area (Å²) >= 11 is 0. The number of unbranched alkanes of at least 4 members (excludes halogenated alkanes) is 16. The van der Waals surface area contributed by atoms with Crippen molar-refractivity contribution in [2.24, 2.45) is 5.73 Å². The second-order valence-corrected chi connectivity index (χ2v) is 27.0. The van der Waals surface area contributed by atoms with Crippen molar-refractivity contribution in [1.29, 1.82) is 0 Å². The fourth-order valence-electron chi connectivity index (χ4n) is 10.1. The van der Waals surface area contributed by atoms with Crippen molar-refractivity contribution < 1.29 is 123 Å². The van der Waals surface area contributed by atoms with E-state index in [1.165, 1.54) is 13.8 Å². The lowest BCUT2D eigenvalue weighted by atomic mass is 10.2. The van der Waals surface area contributed by atoms with E-state index >= 15 is 0 Å². The maximum Gasteiger partial charge on any atom is 0.303 e. The molecule has 15 amide bonds. The van der Waals surface area contributed by atoms with Crippen LogP contribution in [0.3, 0.4) is 0 Å². The Balaban J connectivity index is 0. The second kappa shape index (κ2) is 69.8. The van der Waals surface area contributed by atoms with E-state index in [0.717, 1.165) is 12.8 Å². The summed E-state index contributed by atoms with van der Waals surface area (Å²) in [5.41, 5.74) is 5.41. The number of carboxylic acids is 1. The number of aliphatic carboxylic acids is 1. The van der Waals surface area contributed by atoms with Crippen LogP contribution in [-0.2, 0) is 76.7 Å². The van der Waals surface area contributed by atoms with Gasteiger partial charge in [-0.2, -0.15) is 0 Å². The Labute approximate surface area is 661 Å². The number of rotatable bonds is 68. The van der Waals surface area contributed by atoms with Crippen LogP contribution in [0.1, 0.15) is 258 Å². The zero-order valence-corrected chi connectivity index (χ0v) is 66.4. The molecule has 0 unspecified atom stereocenters. The highest BCUT2D eigenvalue weighted by Gasteiger charge is 2.20. The lowest BCUT2D eigenvalue weighted by Gasteiger charge is -2.15. The van der Waals surface area contributed by atoms with E-state index in [9.17, 15) is 118 Å². The molecule has 0 fully saturated rings. The molecule has 18 N–H and O–H groups in total. The van der Waals surface area contributed by atoms with Gasteiger partial charge >= 0.3 is 5.97 Å². The van der Waals surface area contributed by atoms with E-state index < -0.39 is 53.2 Å². The molecule has 0 aliphatic carbocycles. The smallest absolute Gasteiger partial charge is 0.303 e. The van der Waals surface area contributed by atoms with Gasteiger partial charge in [0, 0.05) is 195 Å². The SMILES string of the molecule is CC(=O)N(O)CCCCCNC(=O)CCC(=O)N(O)CCCCCNC(=O)CCC(=O)N(O)CCCCCNC(=O)CCC(=O)N(O)CCCCCN.CC(=O)N(O)CCCCCNC(=O)CCC(=O)N(O)CCCCCNC(=O)CCC(=O)N(O)CCCCCNC(=O)CCC(=O)N(O)CCCCCNC(=O)CCC(=O)O. The van der Waals surface area contributed by atoms with Gasteiger partial charge in [0.1, 0.15) is 0 Å². The van der Waals surface area contributed by atoms with Crippen LogP contribution >= 0.6 is 0 Å². The minimum Gasteiger partial charge on any atom is -0.481 e. The minimum absolute atomic E-state index is 0.0393. The summed E-state index contributed by atoms with van der Waals surface area (Å²) in [5, 5.41) is 110. The van der Waals surface area contributed by atoms with Crippen LogP contribution < -0.4 is 43.0 Å². The molecule has 0 atom stereocenters. The normalized spacial score (nSPS) is 10.6. The van der Waals surface area contributed by atoms with E-state index in [2.05, 4.69) is 37.2 Å². The van der Waals surface area contributed by atoms with E-state index in [1.54, 1.807) is 0 Å². The van der Waals surface area contributed by atoms with Crippen molar-refractivity contribution in [1.82, 2.24) is 77.7 Å². The van der Waals surface area contributed by atoms with Crippen molar-refractivity contribution in [2.45, 2.75) is 258 Å². The first-order valence-electron chi connectivity index (χ1n) is 39.5.